The molecule has 0 unspecified atom stereocenters. The topological polar surface area (TPSA) is 35.0 Å². The van der Waals surface area contributed by atoms with Crippen LogP contribution in [0.15, 0.2) is 41.3 Å². The predicted octanol–water partition coefficient (Wildman–Crippen LogP) is 3.94. The molecule has 0 aliphatic rings. The molecule has 2 rings (SSSR count). The van der Waals surface area contributed by atoms with Crippen molar-refractivity contribution in [1.29, 1.82) is 0 Å². The summed E-state index contributed by atoms with van der Waals surface area (Å²) in [7, 11) is 0. The van der Waals surface area contributed by atoms with Crippen LogP contribution in [0, 0.1) is 0 Å². The van der Waals surface area contributed by atoms with Crippen LogP contribution in [-0.4, -0.2) is 9.97 Å². The lowest BCUT2D eigenvalue weighted by Gasteiger charge is -2.08. The van der Waals surface area contributed by atoms with Gasteiger partial charge in [-0.05, 0) is 33.0 Å². The molecule has 0 aliphatic carbocycles. The smallest absolute Gasteiger partial charge is 0.232 e. The van der Waals surface area contributed by atoms with Gasteiger partial charge in [-0.25, -0.2) is 9.97 Å². The highest BCUT2D eigenvalue weighted by molar-refractivity contribution is 9.10. The summed E-state index contributed by atoms with van der Waals surface area (Å²) in [5, 5.41) is 0. The molecule has 0 bridgehead atoms. The first-order chi connectivity index (χ1) is 8.65. The summed E-state index contributed by atoms with van der Waals surface area (Å²) in [4.78, 5) is 8.17. The minimum atomic E-state index is 0.509. The van der Waals surface area contributed by atoms with E-state index in [1.54, 1.807) is 12.4 Å². The normalized spacial score (nSPS) is 10.7. The minimum Gasteiger partial charge on any atom is -0.472 e. The highest BCUT2D eigenvalue weighted by Gasteiger charge is 2.01. The molecule has 4 heteroatoms. The van der Waals surface area contributed by atoms with Gasteiger partial charge in [0.1, 0.15) is 11.2 Å². The van der Waals surface area contributed by atoms with Gasteiger partial charge >= 0.3 is 0 Å². The molecular weight excluding hydrogens is 292 g/mol. The van der Waals surface area contributed by atoms with E-state index in [9.17, 15) is 0 Å². The molecule has 0 amide bonds. The van der Waals surface area contributed by atoms with Crippen molar-refractivity contribution in [2.75, 3.05) is 0 Å². The third-order valence-electron chi connectivity index (χ3n) is 2.63. The van der Waals surface area contributed by atoms with E-state index in [1.165, 1.54) is 5.56 Å². The third-order valence-corrected chi connectivity index (χ3v) is 3.04. The molecule has 0 atom stereocenters. The van der Waals surface area contributed by atoms with Crippen LogP contribution in [0.2, 0.25) is 0 Å². The molecule has 3 nitrogen and oxygen atoms in total. The lowest BCUT2D eigenvalue weighted by atomic mass is 10.0. The van der Waals surface area contributed by atoms with E-state index < -0.39 is 0 Å². The first-order valence-corrected chi connectivity index (χ1v) is 6.63. The molecule has 2 aromatic rings. The van der Waals surface area contributed by atoms with Crippen molar-refractivity contribution >= 4 is 15.9 Å². The van der Waals surface area contributed by atoms with Crippen LogP contribution in [0.4, 0.5) is 0 Å². The monoisotopic (exact) mass is 306 g/mol. The molecule has 0 saturated carbocycles. The Morgan fingerprint density at radius 3 is 2.39 bits per heavy atom. The van der Waals surface area contributed by atoms with Crippen molar-refractivity contribution in [2.24, 2.45) is 0 Å². The van der Waals surface area contributed by atoms with Crippen LogP contribution in [-0.2, 0) is 6.61 Å². The average Bonchev–Trinajstić information content (AvgIpc) is 2.38. The average molecular weight is 307 g/mol. The van der Waals surface area contributed by atoms with Gasteiger partial charge in [0.05, 0.1) is 12.4 Å². The van der Waals surface area contributed by atoms with E-state index in [2.05, 4.69) is 64.0 Å². The molecule has 1 heterocycles. The molecular formula is C14H15BrN2O. The van der Waals surface area contributed by atoms with Crippen molar-refractivity contribution in [3.8, 4) is 5.88 Å². The molecule has 0 radical (unpaired) electrons. The molecule has 1 aromatic carbocycles. The second-order valence-electron chi connectivity index (χ2n) is 4.36. The molecule has 0 aliphatic heterocycles. The number of benzene rings is 1. The number of hydrogen-bond donors (Lipinski definition) is 0. The Balaban J connectivity index is 1.95. The Hall–Kier alpha value is -1.42. The van der Waals surface area contributed by atoms with Crippen molar-refractivity contribution in [2.45, 2.75) is 26.4 Å². The van der Waals surface area contributed by atoms with Gasteiger partial charge in [-0.3, -0.25) is 0 Å². The first kappa shape index (κ1) is 13.0. The maximum Gasteiger partial charge on any atom is 0.232 e. The van der Waals surface area contributed by atoms with Gasteiger partial charge in [0, 0.05) is 0 Å². The summed E-state index contributed by atoms with van der Waals surface area (Å²) in [6.07, 6.45) is 3.23. The summed E-state index contributed by atoms with van der Waals surface area (Å²) < 4.78 is 6.26. The summed E-state index contributed by atoms with van der Waals surface area (Å²) in [5.74, 6) is 1.09. The Morgan fingerprint density at radius 2 is 1.83 bits per heavy atom. The fourth-order valence-corrected chi connectivity index (χ4v) is 1.74. The third kappa shape index (κ3) is 3.53. The maximum atomic E-state index is 5.55. The Kier molecular flexibility index (Phi) is 4.31. The fourth-order valence-electron chi connectivity index (χ4n) is 1.53. The standard InChI is InChI=1S/C14H15BrN2O/c1-10(2)12-5-3-11(4-6-12)9-18-14-8-16-13(15)7-17-14/h3-8,10H,9H2,1-2H3. The molecule has 0 saturated heterocycles. The van der Waals surface area contributed by atoms with E-state index in [4.69, 9.17) is 4.74 Å². The van der Waals surface area contributed by atoms with E-state index in [1.807, 2.05) is 0 Å². The molecule has 94 valence electrons. The van der Waals surface area contributed by atoms with Crippen LogP contribution >= 0.6 is 15.9 Å². The zero-order valence-electron chi connectivity index (χ0n) is 10.4. The molecule has 0 fully saturated rings. The van der Waals surface area contributed by atoms with Crippen molar-refractivity contribution in [1.82, 2.24) is 9.97 Å². The molecule has 1 aromatic heterocycles. The highest BCUT2D eigenvalue weighted by Crippen LogP contribution is 2.16. The van der Waals surface area contributed by atoms with E-state index in [-0.39, 0.29) is 0 Å². The number of hydrogen-bond acceptors (Lipinski definition) is 3. The first-order valence-electron chi connectivity index (χ1n) is 5.84. The Bertz CT molecular complexity index is 494. The van der Waals surface area contributed by atoms with E-state index in [0.29, 0.717) is 23.0 Å². The van der Waals surface area contributed by atoms with Gasteiger partial charge in [0.15, 0.2) is 0 Å². The largest absolute Gasteiger partial charge is 0.472 e. The van der Waals surface area contributed by atoms with Crippen molar-refractivity contribution in [3.05, 3.63) is 52.4 Å². The zero-order chi connectivity index (χ0) is 13.0. The molecule has 18 heavy (non-hydrogen) atoms. The number of rotatable bonds is 4. The lowest BCUT2D eigenvalue weighted by Crippen LogP contribution is -1.98. The maximum absolute atomic E-state index is 5.55. The van der Waals surface area contributed by atoms with Crippen molar-refractivity contribution < 1.29 is 4.74 Å². The summed E-state index contributed by atoms with van der Waals surface area (Å²) in [6.45, 7) is 4.88. The predicted molar refractivity (Wildman–Crippen MR) is 74.6 cm³/mol. The van der Waals surface area contributed by atoms with Gasteiger partial charge in [0.25, 0.3) is 0 Å². The van der Waals surface area contributed by atoms with Gasteiger partial charge < -0.3 is 4.74 Å². The number of nitrogens with zero attached hydrogens (tertiary/aromatic N) is 2. The zero-order valence-corrected chi connectivity index (χ0v) is 12.0. The van der Waals surface area contributed by atoms with E-state index >= 15 is 0 Å². The van der Waals surface area contributed by atoms with Crippen LogP contribution in [0.1, 0.15) is 30.9 Å². The van der Waals surface area contributed by atoms with E-state index in [0.717, 1.165) is 5.56 Å². The summed E-state index contributed by atoms with van der Waals surface area (Å²) in [6, 6.07) is 8.44. The fraction of sp³-hybridized carbons (Fsp3) is 0.286. The lowest BCUT2D eigenvalue weighted by molar-refractivity contribution is 0.292. The second kappa shape index (κ2) is 5.96. The summed E-state index contributed by atoms with van der Waals surface area (Å²) in [5.41, 5.74) is 2.46. The highest BCUT2D eigenvalue weighted by atomic mass is 79.9. The molecule has 0 spiro atoms. The van der Waals surface area contributed by atoms with Crippen LogP contribution in [0.5, 0.6) is 5.88 Å². The Morgan fingerprint density at radius 1 is 1.11 bits per heavy atom. The van der Waals surface area contributed by atoms with Crippen LogP contribution < -0.4 is 4.74 Å². The van der Waals surface area contributed by atoms with Crippen LogP contribution in [0.3, 0.4) is 0 Å². The quantitative estimate of drug-likeness (QED) is 0.858. The summed E-state index contributed by atoms with van der Waals surface area (Å²) >= 11 is 3.23. The number of ether oxygens (including phenoxy) is 1. The van der Waals surface area contributed by atoms with Gasteiger partial charge in [-0.1, -0.05) is 38.1 Å². The Labute approximate surface area is 115 Å². The minimum absolute atomic E-state index is 0.509. The van der Waals surface area contributed by atoms with Gasteiger partial charge in [0.2, 0.25) is 5.88 Å². The second-order valence-corrected chi connectivity index (χ2v) is 5.17. The van der Waals surface area contributed by atoms with Gasteiger partial charge in [-0.15, -0.1) is 0 Å². The molecule has 0 N–H and O–H groups in total. The number of aromatic nitrogens is 2. The number of halogens is 1. The van der Waals surface area contributed by atoms with Gasteiger partial charge in [-0.2, -0.15) is 0 Å². The van der Waals surface area contributed by atoms with Crippen LogP contribution in [0.25, 0.3) is 0 Å². The SMILES string of the molecule is CC(C)c1ccc(COc2cnc(Br)cn2)cc1. The van der Waals surface area contributed by atoms with Crippen molar-refractivity contribution in [3.63, 3.8) is 0 Å².